The fraction of sp³-hybridized carbons (Fsp3) is 0.345. The number of carbonyl (C=O) groups is 1. The Bertz CT molecular complexity index is 1140. The van der Waals surface area contributed by atoms with Gasteiger partial charge in [0.15, 0.2) is 11.5 Å². The van der Waals surface area contributed by atoms with Gasteiger partial charge in [-0.15, -0.1) is 0 Å². The molecule has 7 heteroatoms. The summed E-state index contributed by atoms with van der Waals surface area (Å²) < 4.78 is 23.3. The van der Waals surface area contributed by atoms with E-state index in [1.165, 1.54) is 0 Å². The van der Waals surface area contributed by atoms with Crippen LogP contribution in [0.3, 0.4) is 0 Å². The third-order valence-corrected chi connectivity index (χ3v) is 6.72. The average molecular weight is 492 g/mol. The highest BCUT2D eigenvalue weighted by atomic mass is 16.5. The highest BCUT2D eigenvalue weighted by Crippen LogP contribution is 2.44. The van der Waals surface area contributed by atoms with Crippen molar-refractivity contribution < 1.29 is 28.8 Å². The third kappa shape index (κ3) is 5.57. The highest BCUT2D eigenvalue weighted by molar-refractivity contribution is 5.70. The Morgan fingerprint density at radius 2 is 1.50 bits per heavy atom. The van der Waals surface area contributed by atoms with E-state index in [1.54, 1.807) is 21.3 Å². The molecule has 1 saturated heterocycles. The summed E-state index contributed by atoms with van der Waals surface area (Å²) >= 11 is 0. The molecule has 1 fully saturated rings. The zero-order valence-electron chi connectivity index (χ0n) is 21.0. The van der Waals surface area contributed by atoms with Crippen LogP contribution in [-0.4, -0.2) is 50.4 Å². The number of benzene rings is 3. The Morgan fingerprint density at radius 3 is 2.08 bits per heavy atom. The van der Waals surface area contributed by atoms with Gasteiger partial charge in [0.1, 0.15) is 18.1 Å². The van der Waals surface area contributed by atoms with Crippen molar-refractivity contribution in [1.29, 1.82) is 0 Å². The van der Waals surface area contributed by atoms with Crippen molar-refractivity contribution in [2.75, 3.05) is 34.4 Å². The fourth-order valence-corrected chi connectivity index (χ4v) is 4.82. The number of aliphatic carboxylic acids is 1. The molecule has 1 aliphatic rings. The Kier molecular flexibility index (Phi) is 8.33. The van der Waals surface area contributed by atoms with Crippen molar-refractivity contribution in [3.63, 3.8) is 0 Å². The minimum atomic E-state index is -0.734. The standard InChI is InChI=1S/C29H33NO6/c1-33-24-10-7-11-25(34-2)27(24)28(30-16-14-21(15-17-30)29(31)32)22-12-13-23(26(18-22)35-3)36-19-20-8-5-4-6-9-20/h4-13,18,21,28H,14-17,19H2,1-3H3,(H,31,32). The van der Waals surface area contributed by atoms with Crippen molar-refractivity contribution in [2.24, 2.45) is 5.92 Å². The number of hydrogen-bond acceptors (Lipinski definition) is 6. The Labute approximate surface area is 212 Å². The van der Waals surface area contributed by atoms with E-state index >= 15 is 0 Å². The summed E-state index contributed by atoms with van der Waals surface area (Å²) in [5.74, 6) is 1.64. The summed E-state index contributed by atoms with van der Waals surface area (Å²) in [6.45, 7) is 1.71. The van der Waals surface area contributed by atoms with Gasteiger partial charge < -0.3 is 24.1 Å². The van der Waals surface area contributed by atoms with E-state index in [4.69, 9.17) is 18.9 Å². The minimum absolute atomic E-state index is 0.220. The molecule has 0 amide bonds. The number of piperidine rings is 1. The molecule has 0 spiro atoms. The quantitative estimate of drug-likeness (QED) is 0.419. The molecule has 0 bridgehead atoms. The molecule has 7 nitrogen and oxygen atoms in total. The van der Waals surface area contributed by atoms with Crippen LogP contribution in [-0.2, 0) is 11.4 Å². The van der Waals surface area contributed by atoms with E-state index in [1.807, 2.05) is 66.7 Å². The van der Waals surface area contributed by atoms with Gasteiger partial charge in [0.05, 0.1) is 38.9 Å². The Balaban J connectivity index is 1.71. The summed E-state index contributed by atoms with van der Waals surface area (Å²) in [6.07, 6.45) is 1.16. The number of methoxy groups -OCH3 is 3. The van der Waals surface area contributed by atoms with Gasteiger partial charge in [0.2, 0.25) is 0 Å². The number of carboxylic acids is 1. The number of carboxylic acid groups (broad SMARTS) is 1. The lowest BCUT2D eigenvalue weighted by Crippen LogP contribution is -2.39. The topological polar surface area (TPSA) is 77.5 Å². The van der Waals surface area contributed by atoms with Gasteiger partial charge in [0, 0.05) is 0 Å². The molecule has 0 aliphatic carbocycles. The van der Waals surface area contributed by atoms with E-state index in [-0.39, 0.29) is 12.0 Å². The van der Waals surface area contributed by atoms with Crippen LogP contribution < -0.4 is 18.9 Å². The molecule has 1 aliphatic heterocycles. The zero-order valence-corrected chi connectivity index (χ0v) is 21.0. The number of ether oxygens (including phenoxy) is 4. The molecule has 1 heterocycles. The second-order valence-electron chi connectivity index (χ2n) is 8.81. The monoisotopic (exact) mass is 491 g/mol. The molecule has 0 saturated carbocycles. The van der Waals surface area contributed by atoms with Crippen LogP contribution >= 0.6 is 0 Å². The summed E-state index contributed by atoms with van der Waals surface area (Å²) in [7, 11) is 4.92. The summed E-state index contributed by atoms with van der Waals surface area (Å²) in [4.78, 5) is 13.9. The molecule has 4 rings (SSSR count). The molecular formula is C29H33NO6. The van der Waals surface area contributed by atoms with Crippen LogP contribution in [0.1, 0.15) is 35.6 Å². The van der Waals surface area contributed by atoms with Crippen LogP contribution in [0.2, 0.25) is 0 Å². The Hall–Kier alpha value is -3.71. The predicted molar refractivity (Wildman–Crippen MR) is 137 cm³/mol. The molecule has 0 aromatic heterocycles. The van der Waals surface area contributed by atoms with Crippen LogP contribution in [0.25, 0.3) is 0 Å². The van der Waals surface area contributed by atoms with Crippen LogP contribution in [0.4, 0.5) is 0 Å². The van der Waals surface area contributed by atoms with E-state index in [2.05, 4.69) is 4.90 Å². The van der Waals surface area contributed by atoms with Gasteiger partial charge in [-0.05, 0) is 61.3 Å². The minimum Gasteiger partial charge on any atom is -0.496 e. The molecule has 1 atom stereocenters. The Morgan fingerprint density at radius 1 is 0.861 bits per heavy atom. The SMILES string of the molecule is COc1cc(C(c2c(OC)cccc2OC)N2CCC(C(=O)O)CC2)ccc1OCc1ccccc1. The van der Waals surface area contributed by atoms with Crippen molar-refractivity contribution in [2.45, 2.75) is 25.5 Å². The molecular weight excluding hydrogens is 458 g/mol. The second-order valence-corrected chi connectivity index (χ2v) is 8.81. The lowest BCUT2D eigenvalue weighted by Gasteiger charge is -2.38. The van der Waals surface area contributed by atoms with E-state index in [9.17, 15) is 9.90 Å². The van der Waals surface area contributed by atoms with Gasteiger partial charge in [-0.1, -0.05) is 42.5 Å². The number of rotatable bonds is 10. The first-order valence-electron chi connectivity index (χ1n) is 12.1. The van der Waals surface area contributed by atoms with Crippen molar-refractivity contribution >= 4 is 5.97 Å². The smallest absolute Gasteiger partial charge is 0.306 e. The molecule has 3 aromatic carbocycles. The maximum Gasteiger partial charge on any atom is 0.306 e. The summed E-state index contributed by atoms with van der Waals surface area (Å²) in [6, 6.07) is 21.4. The number of likely N-dealkylation sites (tertiary alicyclic amines) is 1. The molecule has 190 valence electrons. The van der Waals surface area contributed by atoms with Crippen molar-refractivity contribution in [3.05, 3.63) is 83.4 Å². The van der Waals surface area contributed by atoms with Gasteiger partial charge >= 0.3 is 5.97 Å². The van der Waals surface area contributed by atoms with Crippen LogP contribution in [0.5, 0.6) is 23.0 Å². The van der Waals surface area contributed by atoms with Crippen molar-refractivity contribution in [3.8, 4) is 23.0 Å². The normalized spacial score (nSPS) is 15.2. The van der Waals surface area contributed by atoms with E-state index < -0.39 is 5.97 Å². The molecule has 0 radical (unpaired) electrons. The summed E-state index contributed by atoms with van der Waals surface area (Å²) in [5, 5.41) is 9.50. The van der Waals surface area contributed by atoms with E-state index in [0.29, 0.717) is 55.5 Å². The number of nitrogens with zero attached hydrogens (tertiary/aromatic N) is 1. The highest BCUT2D eigenvalue weighted by Gasteiger charge is 2.33. The van der Waals surface area contributed by atoms with Gasteiger partial charge in [-0.25, -0.2) is 0 Å². The number of hydrogen-bond donors (Lipinski definition) is 1. The van der Waals surface area contributed by atoms with Crippen LogP contribution in [0.15, 0.2) is 66.7 Å². The lowest BCUT2D eigenvalue weighted by molar-refractivity contribution is -0.143. The molecule has 1 unspecified atom stereocenters. The van der Waals surface area contributed by atoms with Crippen LogP contribution in [0, 0.1) is 5.92 Å². The first-order valence-corrected chi connectivity index (χ1v) is 12.1. The maximum atomic E-state index is 11.6. The van der Waals surface area contributed by atoms with E-state index in [0.717, 1.165) is 16.7 Å². The summed E-state index contributed by atoms with van der Waals surface area (Å²) in [5.41, 5.74) is 2.95. The largest absolute Gasteiger partial charge is 0.496 e. The average Bonchev–Trinajstić information content (AvgIpc) is 2.93. The maximum absolute atomic E-state index is 11.6. The van der Waals surface area contributed by atoms with Crippen molar-refractivity contribution in [1.82, 2.24) is 4.90 Å². The first kappa shape index (κ1) is 25.4. The fourth-order valence-electron chi connectivity index (χ4n) is 4.82. The van der Waals surface area contributed by atoms with Gasteiger partial charge in [-0.3, -0.25) is 9.69 Å². The zero-order chi connectivity index (χ0) is 25.5. The molecule has 3 aromatic rings. The first-order chi connectivity index (χ1) is 17.5. The van der Waals surface area contributed by atoms with Gasteiger partial charge in [0.25, 0.3) is 0 Å². The van der Waals surface area contributed by atoms with Gasteiger partial charge in [-0.2, -0.15) is 0 Å². The molecule has 1 N–H and O–H groups in total. The predicted octanol–water partition coefficient (Wildman–Crippen LogP) is 5.18. The third-order valence-electron chi connectivity index (χ3n) is 6.72. The molecule has 36 heavy (non-hydrogen) atoms. The second kappa shape index (κ2) is 11.8. The lowest BCUT2D eigenvalue weighted by atomic mass is 9.90.